The average Bonchev–Trinajstić information content (AvgIpc) is 2.67. The van der Waals surface area contributed by atoms with Gasteiger partial charge in [0.1, 0.15) is 12.1 Å². The molecule has 140 valence electrons. The lowest BCUT2D eigenvalue weighted by Gasteiger charge is -2.28. The molecule has 1 atom stereocenters. The zero-order valence-corrected chi connectivity index (χ0v) is 15.8. The minimum Gasteiger partial charge on any atom is -0.478 e. The van der Waals surface area contributed by atoms with Crippen LogP contribution in [0.3, 0.4) is 0 Å². The number of aromatic nitrogens is 2. The number of para-hydroxylation sites is 1. The van der Waals surface area contributed by atoms with Crippen LogP contribution in [0.2, 0.25) is 0 Å². The fourth-order valence-corrected chi connectivity index (χ4v) is 2.96. The van der Waals surface area contributed by atoms with Gasteiger partial charge < -0.3 is 15.3 Å². The van der Waals surface area contributed by atoms with E-state index in [4.69, 9.17) is 0 Å². The first-order valence-corrected chi connectivity index (χ1v) is 8.96. The van der Waals surface area contributed by atoms with E-state index in [1.54, 1.807) is 12.1 Å². The molecule has 0 unspecified atom stereocenters. The second-order valence-electron chi connectivity index (χ2n) is 6.87. The molecule has 1 aromatic heterocycles. The normalized spacial score (nSPS) is 12.5. The Kier molecular flexibility index (Phi) is 5.66. The number of hydrogen-bond donors (Lipinski definition) is 2. The Morgan fingerprint density at radius 3 is 2.52 bits per heavy atom. The summed E-state index contributed by atoms with van der Waals surface area (Å²) >= 11 is 0. The van der Waals surface area contributed by atoms with Crippen LogP contribution in [0, 0.1) is 0 Å². The highest BCUT2D eigenvalue weighted by Gasteiger charge is 2.18. The number of carboxylic acids is 1. The number of nitrogens with one attached hydrogen (secondary N) is 1. The molecule has 0 amide bonds. The summed E-state index contributed by atoms with van der Waals surface area (Å²) in [5.74, 6) is -0.362. The van der Waals surface area contributed by atoms with Gasteiger partial charge in [0.15, 0.2) is 0 Å². The average molecular weight is 364 g/mol. The van der Waals surface area contributed by atoms with E-state index in [9.17, 15) is 9.90 Å². The highest BCUT2D eigenvalue weighted by atomic mass is 16.4. The summed E-state index contributed by atoms with van der Waals surface area (Å²) in [6, 6.07) is 15.7. The van der Waals surface area contributed by atoms with Crippen molar-refractivity contribution < 1.29 is 9.90 Å². The summed E-state index contributed by atoms with van der Waals surface area (Å²) in [6.45, 7) is 5.09. The number of hydrogen-bond acceptors (Lipinski definition) is 5. The lowest BCUT2D eigenvalue weighted by Crippen LogP contribution is -2.33. The second kappa shape index (κ2) is 8.14. The second-order valence-corrected chi connectivity index (χ2v) is 6.87. The van der Waals surface area contributed by atoms with Gasteiger partial charge in [0.2, 0.25) is 0 Å². The summed E-state index contributed by atoms with van der Waals surface area (Å²) in [6.07, 6.45) is 1.41. The molecule has 0 saturated carbocycles. The van der Waals surface area contributed by atoms with Gasteiger partial charge in [-0.3, -0.25) is 0 Å². The molecule has 2 aromatic carbocycles. The van der Waals surface area contributed by atoms with Gasteiger partial charge in [-0.2, -0.15) is 0 Å². The van der Waals surface area contributed by atoms with Crippen molar-refractivity contribution in [3.8, 4) is 0 Å². The number of aromatic carboxylic acids is 1. The van der Waals surface area contributed by atoms with Crippen molar-refractivity contribution in [3.05, 3.63) is 66.0 Å². The van der Waals surface area contributed by atoms with E-state index in [0.717, 1.165) is 12.1 Å². The number of carboxylic acid groups (broad SMARTS) is 1. The number of likely N-dealkylation sites (N-methyl/N-ethyl adjacent to an activating group) is 1. The third kappa shape index (κ3) is 4.23. The smallest absolute Gasteiger partial charge is 0.337 e. The first kappa shape index (κ1) is 18.8. The number of anilines is 1. The van der Waals surface area contributed by atoms with Gasteiger partial charge in [0.05, 0.1) is 17.1 Å². The maximum Gasteiger partial charge on any atom is 0.337 e. The third-order valence-electron chi connectivity index (χ3n) is 4.76. The summed E-state index contributed by atoms with van der Waals surface area (Å²) in [4.78, 5) is 22.3. The van der Waals surface area contributed by atoms with Gasteiger partial charge in [0.25, 0.3) is 0 Å². The van der Waals surface area contributed by atoms with E-state index in [0.29, 0.717) is 22.8 Å². The van der Waals surface area contributed by atoms with Gasteiger partial charge >= 0.3 is 5.97 Å². The zero-order valence-electron chi connectivity index (χ0n) is 15.8. The molecule has 6 heteroatoms. The van der Waals surface area contributed by atoms with Crippen molar-refractivity contribution in [1.29, 1.82) is 0 Å². The van der Waals surface area contributed by atoms with Crippen LogP contribution in [0.1, 0.15) is 35.8 Å². The monoisotopic (exact) mass is 364 g/mol. The van der Waals surface area contributed by atoms with Gasteiger partial charge in [-0.1, -0.05) is 36.4 Å². The van der Waals surface area contributed by atoms with Crippen LogP contribution < -0.4 is 5.32 Å². The van der Waals surface area contributed by atoms with E-state index >= 15 is 0 Å². The topological polar surface area (TPSA) is 78.3 Å². The highest BCUT2D eigenvalue weighted by molar-refractivity contribution is 6.04. The number of benzene rings is 2. The van der Waals surface area contributed by atoms with Crippen LogP contribution in [0.15, 0.2) is 54.9 Å². The first-order chi connectivity index (χ1) is 13.0. The Balaban J connectivity index is 2.01. The van der Waals surface area contributed by atoms with Crippen molar-refractivity contribution in [1.82, 2.24) is 14.9 Å². The van der Waals surface area contributed by atoms with E-state index < -0.39 is 5.97 Å². The Morgan fingerprint density at radius 2 is 1.85 bits per heavy atom. The van der Waals surface area contributed by atoms with Crippen LogP contribution in [0.4, 0.5) is 5.82 Å². The van der Waals surface area contributed by atoms with Gasteiger partial charge in [0, 0.05) is 18.0 Å². The number of carbonyl (C=O) groups is 1. The minimum atomic E-state index is -0.996. The molecule has 0 aliphatic carbocycles. The Hall–Kier alpha value is -2.99. The lowest BCUT2D eigenvalue weighted by molar-refractivity contribution is 0.0699. The standard InChI is InChI=1S/C21H24N4O2/c1-14(2)25(3)12-18(15-8-5-4-6-9-15)24-20-16-10-7-11-17(21(26)27)19(16)22-13-23-20/h4-11,13-14,18H,12H2,1-3H3,(H,26,27)(H,22,23,24)/t18-/m1/s1. The fraction of sp³-hybridized carbons (Fsp3) is 0.286. The maximum atomic E-state index is 11.5. The van der Waals surface area contributed by atoms with Crippen molar-refractivity contribution >= 4 is 22.7 Å². The number of rotatable bonds is 7. The molecule has 1 heterocycles. The number of nitrogens with zero attached hydrogens (tertiary/aromatic N) is 3. The molecular weight excluding hydrogens is 340 g/mol. The van der Waals surface area contributed by atoms with Crippen LogP contribution in [0.5, 0.6) is 0 Å². The summed E-state index contributed by atoms with van der Waals surface area (Å²) in [7, 11) is 2.09. The van der Waals surface area contributed by atoms with Crippen molar-refractivity contribution in [2.45, 2.75) is 25.9 Å². The van der Waals surface area contributed by atoms with Crippen molar-refractivity contribution in [2.75, 3.05) is 18.9 Å². The predicted molar refractivity (Wildman–Crippen MR) is 107 cm³/mol. The molecule has 0 saturated heterocycles. The van der Waals surface area contributed by atoms with E-state index in [-0.39, 0.29) is 11.6 Å². The Morgan fingerprint density at radius 1 is 1.11 bits per heavy atom. The molecule has 3 aromatic rings. The fourth-order valence-electron chi connectivity index (χ4n) is 2.96. The molecule has 0 bridgehead atoms. The first-order valence-electron chi connectivity index (χ1n) is 8.96. The highest BCUT2D eigenvalue weighted by Crippen LogP contribution is 2.26. The molecule has 6 nitrogen and oxygen atoms in total. The van der Waals surface area contributed by atoms with Gasteiger partial charge in [-0.25, -0.2) is 14.8 Å². The van der Waals surface area contributed by atoms with E-state index in [1.807, 2.05) is 24.3 Å². The molecule has 0 spiro atoms. The van der Waals surface area contributed by atoms with E-state index in [1.165, 1.54) is 6.33 Å². The Bertz CT molecular complexity index is 928. The predicted octanol–water partition coefficient (Wildman–Crippen LogP) is 3.82. The molecule has 2 N–H and O–H groups in total. The molecule has 27 heavy (non-hydrogen) atoms. The van der Waals surface area contributed by atoms with E-state index in [2.05, 4.69) is 53.2 Å². The number of fused-ring (bicyclic) bond motifs is 1. The van der Waals surface area contributed by atoms with Gasteiger partial charge in [-0.05, 0) is 38.6 Å². The molecule has 0 aliphatic rings. The minimum absolute atomic E-state index is 0.00480. The molecular formula is C21H24N4O2. The SMILES string of the molecule is CC(C)N(C)C[C@@H](Nc1ncnc2c(C(=O)O)cccc12)c1ccccc1. The van der Waals surface area contributed by atoms with Crippen molar-refractivity contribution in [2.24, 2.45) is 0 Å². The summed E-state index contributed by atoms with van der Waals surface area (Å²) in [5, 5.41) is 13.6. The lowest BCUT2D eigenvalue weighted by atomic mass is 10.0. The summed E-state index contributed by atoms with van der Waals surface area (Å²) in [5.41, 5.74) is 1.76. The van der Waals surface area contributed by atoms with Crippen LogP contribution in [-0.4, -0.2) is 45.6 Å². The molecule has 0 aliphatic heterocycles. The summed E-state index contributed by atoms with van der Waals surface area (Å²) < 4.78 is 0. The van der Waals surface area contributed by atoms with Crippen LogP contribution in [-0.2, 0) is 0 Å². The molecule has 0 radical (unpaired) electrons. The quantitative estimate of drug-likeness (QED) is 0.663. The molecule has 3 rings (SSSR count). The zero-order chi connectivity index (χ0) is 19.4. The van der Waals surface area contributed by atoms with Crippen LogP contribution >= 0.6 is 0 Å². The maximum absolute atomic E-state index is 11.5. The van der Waals surface area contributed by atoms with Gasteiger partial charge in [-0.15, -0.1) is 0 Å². The third-order valence-corrected chi connectivity index (χ3v) is 4.76. The van der Waals surface area contributed by atoms with Crippen LogP contribution in [0.25, 0.3) is 10.9 Å². The largest absolute Gasteiger partial charge is 0.478 e. The van der Waals surface area contributed by atoms with Crippen molar-refractivity contribution in [3.63, 3.8) is 0 Å². The molecule has 0 fully saturated rings. The Labute approximate surface area is 158 Å².